The molecule has 1 aliphatic heterocycles. The first-order valence-corrected chi connectivity index (χ1v) is 9.73. The summed E-state index contributed by atoms with van der Waals surface area (Å²) in [5, 5.41) is 2.65. The molecule has 0 radical (unpaired) electrons. The molecule has 2 aliphatic rings. The lowest BCUT2D eigenvalue weighted by Crippen LogP contribution is -2.27. The number of likely N-dealkylation sites (tertiary alicyclic amines) is 1. The minimum Gasteiger partial charge on any atom is -0.472 e. The SMILES string of the molecule is C=CC(=O)Nc1ccc(C(=O)N2CCCC2)cc1.Nc1ncc(F)c(OC2CC2)n1. The fraction of sp³-hybridized carbons (Fsp3) is 0.333. The first-order chi connectivity index (χ1) is 14.5. The highest BCUT2D eigenvalue weighted by molar-refractivity contribution is 5.99. The van der Waals surface area contributed by atoms with Crippen LogP contribution in [0.5, 0.6) is 5.88 Å². The molecule has 1 aliphatic carbocycles. The van der Waals surface area contributed by atoms with Crippen molar-refractivity contribution in [1.82, 2.24) is 14.9 Å². The zero-order valence-electron chi connectivity index (χ0n) is 16.5. The highest BCUT2D eigenvalue weighted by Gasteiger charge is 2.25. The number of hydrogen-bond donors (Lipinski definition) is 2. The number of nitrogens with zero attached hydrogens (tertiary/aromatic N) is 3. The van der Waals surface area contributed by atoms with Crippen LogP contribution in [-0.2, 0) is 4.79 Å². The van der Waals surface area contributed by atoms with E-state index in [0.717, 1.165) is 45.0 Å². The van der Waals surface area contributed by atoms with Gasteiger partial charge in [-0.05, 0) is 56.0 Å². The Bertz CT molecular complexity index is 909. The van der Waals surface area contributed by atoms with Gasteiger partial charge in [0.2, 0.25) is 17.7 Å². The van der Waals surface area contributed by atoms with Crippen LogP contribution in [-0.4, -0.2) is 45.9 Å². The third-order valence-electron chi connectivity index (χ3n) is 4.51. The van der Waals surface area contributed by atoms with E-state index in [-0.39, 0.29) is 29.7 Å². The molecule has 8 nitrogen and oxygen atoms in total. The third kappa shape index (κ3) is 6.00. The number of carbonyl (C=O) groups excluding carboxylic acids is 2. The highest BCUT2D eigenvalue weighted by Crippen LogP contribution is 2.26. The monoisotopic (exact) mass is 413 g/mol. The molecular weight excluding hydrogens is 389 g/mol. The van der Waals surface area contributed by atoms with Gasteiger partial charge in [0.05, 0.1) is 6.20 Å². The summed E-state index contributed by atoms with van der Waals surface area (Å²) in [6.07, 6.45) is 6.43. The number of nitrogen functional groups attached to an aromatic ring is 1. The van der Waals surface area contributed by atoms with Crippen molar-refractivity contribution < 1.29 is 18.7 Å². The van der Waals surface area contributed by atoms with Crippen molar-refractivity contribution >= 4 is 23.5 Å². The molecule has 2 heterocycles. The molecule has 158 valence electrons. The second-order valence-electron chi connectivity index (χ2n) is 6.97. The molecule has 0 atom stereocenters. The molecule has 2 amide bonds. The first kappa shape index (κ1) is 21.2. The van der Waals surface area contributed by atoms with Crippen LogP contribution in [0.2, 0.25) is 0 Å². The fourth-order valence-electron chi connectivity index (χ4n) is 2.78. The van der Waals surface area contributed by atoms with Crippen molar-refractivity contribution in [2.24, 2.45) is 0 Å². The Labute approximate surface area is 173 Å². The van der Waals surface area contributed by atoms with Crippen LogP contribution in [0.3, 0.4) is 0 Å². The number of aromatic nitrogens is 2. The summed E-state index contributed by atoms with van der Waals surface area (Å²) < 4.78 is 18.0. The normalized spacial score (nSPS) is 15.0. The predicted octanol–water partition coefficient (Wildman–Crippen LogP) is 2.79. The summed E-state index contributed by atoms with van der Waals surface area (Å²) in [7, 11) is 0. The summed E-state index contributed by atoms with van der Waals surface area (Å²) in [6, 6.07) is 6.92. The lowest BCUT2D eigenvalue weighted by Gasteiger charge is -2.15. The Morgan fingerprint density at radius 2 is 1.90 bits per heavy atom. The van der Waals surface area contributed by atoms with Gasteiger partial charge in [0.25, 0.3) is 11.8 Å². The first-order valence-electron chi connectivity index (χ1n) is 9.73. The number of amides is 2. The molecule has 2 fully saturated rings. The van der Waals surface area contributed by atoms with Crippen molar-refractivity contribution in [3.05, 3.63) is 54.5 Å². The van der Waals surface area contributed by atoms with Gasteiger partial charge in [-0.25, -0.2) is 4.98 Å². The van der Waals surface area contributed by atoms with E-state index in [1.54, 1.807) is 24.3 Å². The van der Waals surface area contributed by atoms with Gasteiger partial charge in [0, 0.05) is 24.3 Å². The summed E-state index contributed by atoms with van der Waals surface area (Å²) in [4.78, 5) is 32.1. The second kappa shape index (κ2) is 9.82. The molecule has 1 saturated carbocycles. The Hall–Kier alpha value is -3.49. The van der Waals surface area contributed by atoms with E-state index in [0.29, 0.717) is 11.3 Å². The molecule has 4 rings (SSSR count). The zero-order chi connectivity index (χ0) is 21.5. The lowest BCUT2D eigenvalue weighted by atomic mass is 10.2. The summed E-state index contributed by atoms with van der Waals surface area (Å²) in [5.41, 5.74) is 6.58. The topological polar surface area (TPSA) is 110 Å². The maximum atomic E-state index is 12.9. The molecule has 0 bridgehead atoms. The van der Waals surface area contributed by atoms with E-state index in [4.69, 9.17) is 10.5 Å². The minimum absolute atomic E-state index is 0.0343. The van der Waals surface area contributed by atoms with Crippen molar-refractivity contribution in [3.63, 3.8) is 0 Å². The molecule has 3 N–H and O–H groups in total. The second-order valence-corrected chi connectivity index (χ2v) is 6.97. The number of nitrogens with two attached hydrogens (primary N) is 1. The number of rotatable bonds is 5. The number of carbonyl (C=O) groups is 2. The van der Waals surface area contributed by atoms with E-state index in [1.165, 1.54) is 6.08 Å². The van der Waals surface area contributed by atoms with Gasteiger partial charge >= 0.3 is 0 Å². The molecule has 0 unspecified atom stereocenters. The Morgan fingerprint density at radius 1 is 1.23 bits per heavy atom. The van der Waals surface area contributed by atoms with E-state index in [9.17, 15) is 14.0 Å². The van der Waals surface area contributed by atoms with Crippen LogP contribution in [0.25, 0.3) is 0 Å². The number of ether oxygens (including phenoxy) is 1. The van der Waals surface area contributed by atoms with E-state index in [1.807, 2.05) is 4.90 Å². The summed E-state index contributed by atoms with van der Waals surface area (Å²) in [6.45, 7) is 5.06. The molecule has 2 aromatic rings. The van der Waals surface area contributed by atoms with Gasteiger partial charge in [-0.3, -0.25) is 9.59 Å². The number of nitrogens with one attached hydrogen (secondary N) is 1. The van der Waals surface area contributed by atoms with Gasteiger partial charge in [-0.15, -0.1) is 0 Å². The molecule has 1 aromatic heterocycles. The highest BCUT2D eigenvalue weighted by atomic mass is 19.1. The van der Waals surface area contributed by atoms with E-state index >= 15 is 0 Å². The van der Waals surface area contributed by atoms with Gasteiger partial charge < -0.3 is 20.7 Å². The molecule has 9 heteroatoms. The third-order valence-corrected chi connectivity index (χ3v) is 4.51. The predicted molar refractivity (Wildman–Crippen MR) is 110 cm³/mol. The number of halogens is 1. The van der Waals surface area contributed by atoms with Crippen molar-refractivity contribution in [2.75, 3.05) is 24.1 Å². The minimum atomic E-state index is -0.559. The standard InChI is InChI=1S/C14H16N2O2.C7H8FN3O/c1-2-13(17)15-12-7-5-11(6-8-12)14(18)16-9-3-4-10-16;8-5-3-10-7(9)11-6(5)12-4-1-2-4/h2,5-8H,1,3-4,9-10H2,(H,15,17);3-4H,1-2H2,(H2,9,10,11). The maximum Gasteiger partial charge on any atom is 0.255 e. The van der Waals surface area contributed by atoms with Crippen LogP contribution in [0, 0.1) is 5.82 Å². The van der Waals surface area contributed by atoms with Crippen LogP contribution < -0.4 is 15.8 Å². The van der Waals surface area contributed by atoms with Crippen LogP contribution in [0.15, 0.2) is 43.1 Å². The van der Waals surface area contributed by atoms with Crippen LogP contribution in [0.4, 0.5) is 16.0 Å². The van der Waals surface area contributed by atoms with Crippen LogP contribution in [0.1, 0.15) is 36.0 Å². The molecular formula is C21H24FN5O3. The molecule has 1 aromatic carbocycles. The van der Waals surface area contributed by atoms with Gasteiger partial charge in [0.1, 0.15) is 6.10 Å². The zero-order valence-corrected chi connectivity index (χ0v) is 16.5. The van der Waals surface area contributed by atoms with E-state index < -0.39 is 5.82 Å². The van der Waals surface area contributed by atoms with E-state index in [2.05, 4.69) is 21.9 Å². The fourth-order valence-corrected chi connectivity index (χ4v) is 2.78. The Balaban J connectivity index is 0.000000184. The lowest BCUT2D eigenvalue weighted by molar-refractivity contribution is -0.111. The average Bonchev–Trinajstić information content (AvgIpc) is 3.39. The Kier molecular flexibility index (Phi) is 6.95. The van der Waals surface area contributed by atoms with Gasteiger partial charge in [0.15, 0.2) is 0 Å². The smallest absolute Gasteiger partial charge is 0.255 e. The number of hydrogen-bond acceptors (Lipinski definition) is 6. The van der Waals surface area contributed by atoms with Crippen molar-refractivity contribution in [3.8, 4) is 5.88 Å². The number of benzene rings is 1. The maximum absolute atomic E-state index is 12.9. The van der Waals surface area contributed by atoms with Crippen LogP contribution >= 0.6 is 0 Å². The Morgan fingerprint density at radius 3 is 2.50 bits per heavy atom. The summed E-state index contributed by atoms with van der Waals surface area (Å²) in [5.74, 6) is -0.754. The van der Waals surface area contributed by atoms with Crippen molar-refractivity contribution in [2.45, 2.75) is 31.8 Å². The number of anilines is 2. The molecule has 30 heavy (non-hydrogen) atoms. The quantitative estimate of drug-likeness (QED) is 0.730. The largest absolute Gasteiger partial charge is 0.472 e. The van der Waals surface area contributed by atoms with Gasteiger partial charge in [-0.1, -0.05) is 6.58 Å². The molecule has 0 spiro atoms. The molecule has 1 saturated heterocycles. The average molecular weight is 413 g/mol. The van der Waals surface area contributed by atoms with Crippen molar-refractivity contribution in [1.29, 1.82) is 0 Å². The van der Waals surface area contributed by atoms with Gasteiger partial charge in [-0.2, -0.15) is 9.37 Å². The summed E-state index contributed by atoms with van der Waals surface area (Å²) >= 11 is 0.